The van der Waals surface area contributed by atoms with Crippen molar-refractivity contribution in [3.8, 4) is 119 Å². The van der Waals surface area contributed by atoms with E-state index in [9.17, 15) is 0 Å². The summed E-state index contributed by atoms with van der Waals surface area (Å²) in [7, 11) is 0. The van der Waals surface area contributed by atoms with E-state index < -0.39 is 0 Å². The number of benzene rings is 20. The molecule has 0 atom stereocenters. The summed E-state index contributed by atoms with van der Waals surface area (Å²) in [6, 6.07) is 178. The minimum absolute atomic E-state index is 0.590. The molecule has 29 rings (SSSR count). The van der Waals surface area contributed by atoms with Crippen LogP contribution >= 0.6 is 0 Å². The van der Waals surface area contributed by atoms with Crippen LogP contribution in [0.3, 0.4) is 0 Å². The SMILES string of the molecule is c1ccc(-c2cc(-c3ccccc3)cc(-n3c4ccccc4c4c5oc6ccccc6c5ccc43)c2)cc1.c1ccc(-c2cccc(-n3c4ccccc4c4cc(-c5ccc6c(c5)c5ccccc5n6-c5nc(-c6ccccc6)[n+]6ccccc6n5)ccc43)c2)cc1.c1ccc(-c2nc(-c3ccccc3)nc(-n3c4ccccc4c4cc(-c5ccc6c(c5)c5ccccc5n6-c5ccccc5)ccc43)n2)cc1. The lowest BCUT2D eigenvalue weighted by Gasteiger charge is -2.14. The number of furan rings is 1. The molecule has 0 amide bonds. The van der Waals surface area contributed by atoms with E-state index in [2.05, 4.69) is 428 Å². The fraction of sp³-hybridized carbons (Fsp3) is 0. The minimum atomic E-state index is 0.590. The molecule has 0 aliphatic rings. The van der Waals surface area contributed by atoms with E-state index in [1.165, 1.54) is 99.0 Å². The summed E-state index contributed by atoms with van der Waals surface area (Å²) in [5, 5.41) is 14.2. The largest absolute Gasteiger partial charge is 0.455 e. The number of rotatable bonds is 13. The van der Waals surface area contributed by atoms with E-state index in [1.54, 1.807) is 0 Å². The first-order valence-corrected chi connectivity index (χ1v) is 48.0. The molecule has 0 N–H and O–H groups in total. The Morgan fingerprint density at radius 3 is 0.993 bits per heavy atom. The summed E-state index contributed by atoms with van der Waals surface area (Å²) in [4.78, 5) is 25.4. The van der Waals surface area contributed by atoms with Gasteiger partial charge in [0.25, 0.3) is 11.5 Å². The van der Waals surface area contributed by atoms with Gasteiger partial charge in [-0.3, -0.25) is 4.57 Å². The summed E-state index contributed by atoms with van der Waals surface area (Å²) >= 11 is 0. The van der Waals surface area contributed by atoms with Gasteiger partial charge in [-0.2, -0.15) is 14.4 Å². The van der Waals surface area contributed by atoms with Crippen LogP contribution in [0.15, 0.2) is 514 Å². The van der Waals surface area contributed by atoms with Gasteiger partial charge in [0.05, 0.1) is 72.3 Å². The Hall–Kier alpha value is -19.3. The molecule has 9 heterocycles. The van der Waals surface area contributed by atoms with Gasteiger partial charge in [0.1, 0.15) is 11.2 Å². The van der Waals surface area contributed by atoms with Crippen LogP contribution in [-0.4, -0.2) is 47.8 Å². The first-order valence-electron chi connectivity index (χ1n) is 48.0. The molecule has 20 aromatic carbocycles. The van der Waals surface area contributed by atoms with Gasteiger partial charge >= 0.3 is 5.95 Å². The van der Waals surface area contributed by atoms with E-state index in [1.807, 2.05) is 109 Å². The lowest BCUT2D eigenvalue weighted by Crippen LogP contribution is -2.28. The average molecular weight is 1820 g/mol. The molecule has 664 valence electrons. The first-order chi connectivity index (χ1) is 70.4. The third kappa shape index (κ3) is 14.2. The maximum absolute atomic E-state index is 6.50. The molecule has 0 spiro atoms. The Bertz CT molecular complexity index is 9870. The van der Waals surface area contributed by atoms with Gasteiger partial charge in [0, 0.05) is 93.5 Å². The van der Waals surface area contributed by atoms with E-state index in [0.29, 0.717) is 23.5 Å². The predicted molar refractivity (Wildman–Crippen MR) is 584 cm³/mol. The molecule has 29 aromatic rings. The molecule has 12 nitrogen and oxygen atoms in total. The quantitative estimate of drug-likeness (QED) is 0.106. The van der Waals surface area contributed by atoms with Crippen molar-refractivity contribution in [1.29, 1.82) is 0 Å². The highest BCUT2D eigenvalue weighted by atomic mass is 16.3. The van der Waals surface area contributed by atoms with Crippen LogP contribution in [-0.2, 0) is 0 Å². The second-order valence-electron chi connectivity index (χ2n) is 36.0. The van der Waals surface area contributed by atoms with Crippen LogP contribution in [0.1, 0.15) is 0 Å². The van der Waals surface area contributed by atoms with E-state index in [0.717, 1.165) is 133 Å². The van der Waals surface area contributed by atoms with Crippen molar-refractivity contribution in [3.63, 3.8) is 0 Å². The van der Waals surface area contributed by atoms with Crippen molar-refractivity contribution in [2.24, 2.45) is 0 Å². The van der Waals surface area contributed by atoms with Crippen molar-refractivity contribution in [2.75, 3.05) is 0 Å². The summed E-state index contributed by atoms with van der Waals surface area (Å²) in [6.07, 6.45) is 2.02. The van der Waals surface area contributed by atoms with Crippen LogP contribution in [0.25, 0.3) is 255 Å². The van der Waals surface area contributed by atoms with Gasteiger partial charge in [0.2, 0.25) is 5.95 Å². The van der Waals surface area contributed by atoms with Gasteiger partial charge in [-0.1, -0.05) is 340 Å². The zero-order valence-electron chi connectivity index (χ0n) is 76.8. The Morgan fingerprint density at radius 1 is 0.176 bits per heavy atom. The number of para-hydroxylation sites is 7. The van der Waals surface area contributed by atoms with Gasteiger partial charge in [-0.05, 0) is 223 Å². The van der Waals surface area contributed by atoms with E-state index >= 15 is 0 Å². The lowest BCUT2D eigenvalue weighted by molar-refractivity contribution is -0.505. The van der Waals surface area contributed by atoms with Crippen molar-refractivity contribution in [3.05, 3.63) is 510 Å². The van der Waals surface area contributed by atoms with Crippen LogP contribution in [0, 0.1) is 0 Å². The zero-order chi connectivity index (χ0) is 93.7. The minimum Gasteiger partial charge on any atom is -0.455 e. The predicted octanol–water partition coefficient (Wildman–Crippen LogP) is 32.5. The molecule has 142 heavy (non-hydrogen) atoms. The highest BCUT2D eigenvalue weighted by molar-refractivity contribution is 6.24. The monoisotopic (exact) mass is 1810 g/mol. The smallest absolute Gasteiger partial charge is 0.387 e. The molecule has 9 aromatic heterocycles. The summed E-state index contributed by atoms with van der Waals surface area (Å²) in [5.41, 5.74) is 32.2. The molecule has 0 unspecified atom stereocenters. The lowest BCUT2D eigenvalue weighted by atomic mass is 9.98. The summed E-state index contributed by atoms with van der Waals surface area (Å²) in [6.45, 7) is 0. The topological polar surface area (TPSA) is 106 Å². The second kappa shape index (κ2) is 34.5. The van der Waals surface area contributed by atoms with Crippen LogP contribution in [0.4, 0.5) is 0 Å². The van der Waals surface area contributed by atoms with E-state index in [4.69, 9.17) is 29.3 Å². The highest BCUT2D eigenvalue weighted by Crippen LogP contribution is 2.46. The molecule has 0 fully saturated rings. The average Bonchev–Trinajstić information content (AvgIpc) is 1.58. The highest BCUT2D eigenvalue weighted by Gasteiger charge is 2.28. The third-order valence-corrected chi connectivity index (χ3v) is 27.8. The number of hydrogen-bond acceptors (Lipinski definition) is 6. The zero-order valence-corrected chi connectivity index (χ0v) is 76.8. The molecule has 0 aliphatic heterocycles. The second-order valence-corrected chi connectivity index (χ2v) is 36.0. The Balaban J connectivity index is 0.000000108. The number of fused-ring (bicyclic) bond motifs is 20. The molecule has 0 bridgehead atoms. The Labute approximate surface area is 816 Å². The fourth-order valence-electron chi connectivity index (χ4n) is 21.2. The van der Waals surface area contributed by atoms with Crippen LogP contribution in [0.5, 0.6) is 0 Å². The summed E-state index contributed by atoms with van der Waals surface area (Å²) < 4.78 is 20.1. The molecule has 0 saturated carbocycles. The number of pyridine rings is 1. The van der Waals surface area contributed by atoms with Gasteiger partial charge in [-0.15, -0.1) is 0 Å². The molecule has 0 aliphatic carbocycles. The van der Waals surface area contributed by atoms with E-state index in [-0.39, 0.29) is 0 Å². The van der Waals surface area contributed by atoms with Crippen LogP contribution in [0.2, 0.25) is 0 Å². The maximum Gasteiger partial charge on any atom is 0.387 e. The third-order valence-electron chi connectivity index (χ3n) is 27.8. The normalized spacial score (nSPS) is 11.7. The van der Waals surface area contributed by atoms with Gasteiger partial charge in [0.15, 0.2) is 11.6 Å². The molecule has 0 saturated heterocycles. The fourth-order valence-corrected chi connectivity index (χ4v) is 21.2. The number of aromatic nitrogens is 11. The van der Waals surface area contributed by atoms with Crippen LogP contribution < -0.4 is 4.40 Å². The van der Waals surface area contributed by atoms with Crippen molar-refractivity contribution in [1.82, 2.24) is 47.8 Å². The number of hydrogen-bond donors (Lipinski definition) is 0. The number of nitrogens with zero attached hydrogens (tertiary/aromatic N) is 11. The van der Waals surface area contributed by atoms with Gasteiger partial charge < -0.3 is 18.1 Å². The Kier molecular flexibility index (Phi) is 20.0. The first kappa shape index (κ1) is 82.2. The van der Waals surface area contributed by atoms with Crippen molar-refractivity contribution < 1.29 is 8.82 Å². The Morgan fingerprint density at radius 2 is 0.507 bits per heavy atom. The molecule has 0 radical (unpaired) electrons. The standard InChI is InChI=1S/C49H32N5.C45H29N5.C36H23NO/c1-3-14-33(15-4-1)35-18-13-19-38(30-35)53-43-22-9-7-20-39(43)41-31-36(25-27-45(41)53)37-26-28-46-42(32-37)40-21-8-10-23-44(40)54(46)49-50-47-24-11-12-29-52(47)48(51-49)34-16-5-2-6-17-34;1-4-14-30(15-5-1)43-46-44(31-16-6-2-7-17-31)48-45(47-43)50-40-23-13-11-21-36(40)38-29-33(25-27-42(38)50)32-24-26-41-37(28-32)35-20-10-12-22-39(35)49(41)34-18-8-3-9-19-34;1-3-11-24(12-4-1)26-21-27(25-13-5-2-6-14-25)23-28(22-26)37-32-17-9-7-16-31(32)35-33(37)20-19-30-29-15-8-10-18-34(29)38-36(30)35/h1-32H;1-29H;1-23H/q+1;;. The van der Waals surface area contributed by atoms with Gasteiger partial charge in [-0.25, -0.2) is 9.55 Å². The summed E-state index contributed by atoms with van der Waals surface area (Å²) in [5.74, 6) is 3.36. The molecular weight excluding hydrogens is 1730 g/mol. The molecular formula is C130H84N11O+. The molecule has 12 heteroatoms. The maximum atomic E-state index is 6.50. The van der Waals surface area contributed by atoms with Crippen molar-refractivity contribution >= 4 is 137 Å². The van der Waals surface area contributed by atoms with Crippen molar-refractivity contribution in [2.45, 2.75) is 0 Å².